The molecule has 0 amide bonds. The van der Waals surface area contributed by atoms with Crippen LogP contribution in [0.5, 0.6) is 5.75 Å². The minimum atomic E-state index is -3.85. The summed E-state index contributed by atoms with van der Waals surface area (Å²) in [7, 11) is -1.81. The van der Waals surface area contributed by atoms with Gasteiger partial charge < -0.3 is 9.84 Å². The highest BCUT2D eigenvalue weighted by Crippen LogP contribution is 2.34. The number of hydrogen-bond donors (Lipinski definition) is 1. The van der Waals surface area contributed by atoms with Gasteiger partial charge in [0.1, 0.15) is 16.7 Å². The van der Waals surface area contributed by atoms with Crippen LogP contribution < -0.4 is 4.74 Å². The van der Waals surface area contributed by atoms with Crippen LogP contribution in [-0.4, -0.2) is 61.6 Å². The minimum Gasteiger partial charge on any atom is -0.487 e. The van der Waals surface area contributed by atoms with Crippen LogP contribution in [0.3, 0.4) is 0 Å². The van der Waals surface area contributed by atoms with Crippen molar-refractivity contribution in [2.24, 2.45) is 11.8 Å². The van der Waals surface area contributed by atoms with Gasteiger partial charge in [0, 0.05) is 43.6 Å². The molecule has 2 aromatic carbocycles. The summed E-state index contributed by atoms with van der Waals surface area (Å²) >= 11 is 0. The Hall–Kier alpha value is -2.37. The number of likely N-dealkylation sites (N-methyl/N-ethyl adjacent to an activating group) is 1. The predicted molar refractivity (Wildman–Crippen MR) is 140 cm³/mol. The second kappa shape index (κ2) is 12.0. The highest BCUT2D eigenvalue weighted by molar-refractivity contribution is 7.89. The van der Waals surface area contributed by atoms with E-state index in [9.17, 15) is 13.5 Å². The first kappa shape index (κ1) is 27.2. The molecule has 0 saturated carbocycles. The van der Waals surface area contributed by atoms with E-state index >= 15 is 0 Å². The summed E-state index contributed by atoms with van der Waals surface area (Å²) in [5, 5.41) is 9.81. The van der Waals surface area contributed by atoms with E-state index < -0.39 is 16.1 Å². The van der Waals surface area contributed by atoms with Crippen molar-refractivity contribution in [1.82, 2.24) is 9.21 Å². The third-order valence-corrected chi connectivity index (χ3v) is 8.22. The Morgan fingerprint density at radius 2 is 1.89 bits per heavy atom. The zero-order valence-electron chi connectivity index (χ0n) is 21.4. The normalized spacial score (nSPS) is 20.8. The number of fused-ring (bicyclic) bond motifs is 1. The molecule has 1 N–H and O–H groups in total. The maximum Gasteiger partial charge on any atom is 0.247 e. The number of sulfonamides is 1. The van der Waals surface area contributed by atoms with Crippen LogP contribution >= 0.6 is 0 Å². The second-order valence-electron chi connectivity index (χ2n) is 9.98. The summed E-state index contributed by atoms with van der Waals surface area (Å²) in [4.78, 5) is 2.31. The molecule has 0 unspecified atom stereocenters. The highest BCUT2D eigenvalue weighted by atomic mass is 32.2. The number of ether oxygens (including phenoxy) is 1. The van der Waals surface area contributed by atoms with Crippen LogP contribution in [-0.2, 0) is 16.6 Å². The Bertz CT molecular complexity index is 1140. The van der Waals surface area contributed by atoms with Gasteiger partial charge in [0.05, 0.1) is 6.61 Å². The van der Waals surface area contributed by atoms with E-state index in [-0.39, 0.29) is 30.1 Å². The van der Waals surface area contributed by atoms with Gasteiger partial charge in [-0.2, -0.15) is 4.31 Å². The molecule has 190 valence electrons. The molecule has 0 radical (unpaired) electrons. The van der Waals surface area contributed by atoms with Crippen LogP contribution in [0.25, 0.3) is 0 Å². The number of benzene rings is 2. The van der Waals surface area contributed by atoms with Crippen molar-refractivity contribution in [3.63, 3.8) is 0 Å². The van der Waals surface area contributed by atoms with Crippen molar-refractivity contribution in [2.45, 2.75) is 57.7 Å². The predicted octanol–water partition coefficient (Wildman–Crippen LogP) is 3.98. The summed E-state index contributed by atoms with van der Waals surface area (Å²) < 4.78 is 35.0. The lowest BCUT2D eigenvalue weighted by Gasteiger charge is -2.37. The maximum absolute atomic E-state index is 13.6. The third-order valence-electron chi connectivity index (χ3n) is 6.20. The number of rotatable bonds is 7. The largest absolute Gasteiger partial charge is 0.487 e. The van der Waals surface area contributed by atoms with Crippen LogP contribution in [0.2, 0.25) is 0 Å². The molecule has 0 spiro atoms. The molecular formula is C28H38N2O4S. The molecule has 3 atom stereocenters. The molecule has 1 aliphatic rings. The number of nitrogens with zero attached hydrogens (tertiary/aromatic N) is 2. The van der Waals surface area contributed by atoms with E-state index in [0.29, 0.717) is 18.2 Å². The first-order valence-electron chi connectivity index (χ1n) is 12.3. The SMILES string of the molecule is CC(C)CC#Cc1ccc2c(c1)O[C@@H](CN(C)Cc1ccccc1)[C@H](C)CN([C@@H](C)CO)S2(=O)=O. The molecule has 0 aromatic heterocycles. The van der Waals surface area contributed by atoms with Gasteiger partial charge in [-0.1, -0.05) is 62.9 Å². The standard InChI is InChI=1S/C28H38N2O4S/c1-21(2)10-9-13-24-14-15-28-26(16-24)34-27(19-29(5)18-25-11-7-6-8-12-25)22(3)17-30(23(4)20-31)35(28,32)33/h6-8,11-12,14-16,21-23,27,31H,10,17-20H2,1-5H3/t22-,23+,27+/m1/s1. The monoisotopic (exact) mass is 498 g/mol. The van der Waals surface area contributed by atoms with Crippen LogP contribution in [0, 0.1) is 23.7 Å². The lowest BCUT2D eigenvalue weighted by molar-refractivity contribution is 0.0733. The van der Waals surface area contributed by atoms with Crippen LogP contribution in [0.1, 0.15) is 45.2 Å². The van der Waals surface area contributed by atoms with Gasteiger partial charge >= 0.3 is 0 Å². The molecule has 0 aliphatic carbocycles. The highest BCUT2D eigenvalue weighted by Gasteiger charge is 2.38. The number of hydrogen-bond acceptors (Lipinski definition) is 5. The quantitative estimate of drug-likeness (QED) is 0.585. The first-order chi connectivity index (χ1) is 16.6. The van der Waals surface area contributed by atoms with Crippen molar-refractivity contribution in [3.8, 4) is 17.6 Å². The summed E-state index contributed by atoms with van der Waals surface area (Å²) in [6.45, 7) is 9.36. The van der Waals surface area contributed by atoms with Crippen molar-refractivity contribution in [2.75, 3.05) is 26.7 Å². The van der Waals surface area contributed by atoms with Gasteiger partial charge in [0.2, 0.25) is 10.0 Å². The maximum atomic E-state index is 13.6. The molecule has 3 rings (SSSR count). The summed E-state index contributed by atoms with van der Waals surface area (Å²) in [5.41, 5.74) is 1.93. The molecule has 2 aromatic rings. The van der Waals surface area contributed by atoms with E-state index in [1.807, 2.05) is 32.2 Å². The molecule has 1 aliphatic heterocycles. The topological polar surface area (TPSA) is 70.1 Å². The first-order valence-corrected chi connectivity index (χ1v) is 13.7. The van der Waals surface area contributed by atoms with Gasteiger partial charge in [-0.15, -0.1) is 0 Å². The molecule has 1 heterocycles. The zero-order chi connectivity index (χ0) is 25.6. The van der Waals surface area contributed by atoms with Crippen molar-refractivity contribution >= 4 is 10.0 Å². The zero-order valence-corrected chi connectivity index (χ0v) is 22.3. The molecule has 0 bridgehead atoms. The molecule has 35 heavy (non-hydrogen) atoms. The van der Waals surface area contributed by atoms with Gasteiger partial charge in [0.25, 0.3) is 0 Å². The van der Waals surface area contributed by atoms with Gasteiger partial charge in [-0.05, 0) is 43.7 Å². The van der Waals surface area contributed by atoms with E-state index in [1.54, 1.807) is 25.1 Å². The lowest BCUT2D eigenvalue weighted by Crippen LogP contribution is -2.49. The molecule has 0 fully saturated rings. The van der Waals surface area contributed by atoms with Gasteiger partial charge in [0.15, 0.2) is 0 Å². The Morgan fingerprint density at radius 1 is 1.17 bits per heavy atom. The molecule has 0 saturated heterocycles. The van der Waals surface area contributed by atoms with Gasteiger partial charge in [-0.3, -0.25) is 4.90 Å². The Labute approximate surface area is 211 Å². The van der Waals surface area contributed by atoms with Crippen molar-refractivity contribution < 1.29 is 18.3 Å². The van der Waals surface area contributed by atoms with E-state index in [1.165, 1.54) is 9.87 Å². The van der Waals surface area contributed by atoms with Crippen molar-refractivity contribution in [3.05, 3.63) is 59.7 Å². The molecule has 7 heteroatoms. The van der Waals surface area contributed by atoms with Gasteiger partial charge in [-0.25, -0.2) is 8.42 Å². The average molecular weight is 499 g/mol. The molecule has 6 nitrogen and oxygen atoms in total. The fourth-order valence-electron chi connectivity index (χ4n) is 4.15. The lowest BCUT2D eigenvalue weighted by atomic mass is 10.0. The average Bonchev–Trinajstić information content (AvgIpc) is 2.81. The van der Waals surface area contributed by atoms with Crippen LogP contribution in [0.15, 0.2) is 53.4 Å². The van der Waals surface area contributed by atoms with Crippen molar-refractivity contribution in [1.29, 1.82) is 0 Å². The third kappa shape index (κ3) is 7.08. The Balaban J connectivity index is 1.97. The van der Waals surface area contributed by atoms with E-state index in [2.05, 4.69) is 42.7 Å². The Kier molecular flexibility index (Phi) is 9.37. The summed E-state index contributed by atoms with van der Waals surface area (Å²) in [6, 6.07) is 14.7. The fourth-order valence-corrected chi connectivity index (χ4v) is 5.97. The second-order valence-corrected chi connectivity index (χ2v) is 11.8. The summed E-state index contributed by atoms with van der Waals surface area (Å²) in [6.07, 6.45) is 0.521. The minimum absolute atomic E-state index is 0.0965. The Morgan fingerprint density at radius 3 is 2.54 bits per heavy atom. The molecular weight excluding hydrogens is 460 g/mol. The van der Waals surface area contributed by atoms with Crippen LogP contribution in [0.4, 0.5) is 0 Å². The van der Waals surface area contributed by atoms with E-state index in [4.69, 9.17) is 4.74 Å². The summed E-state index contributed by atoms with van der Waals surface area (Å²) in [5.74, 6) is 7.00. The smallest absolute Gasteiger partial charge is 0.247 e. The number of aliphatic hydroxyl groups excluding tert-OH is 1. The van der Waals surface area contributed by atoms with E-state index in [0.717, 1.165) is 18.5 Å². The fraction of sp³-hybridized carbons (Fsp3) is 0.500. The number of aliphatic hydroxyl groups is 1.